The Morgan fingerprint density at radius 1 is 1.21 bits per heavy atom. The Balaban J connectivity index is 1.98. The summed E-state index contributed by atoms with van der Waals surface area (Å²) in [5.41, 5.74) is 1.83. The quantitative estimate of drug-likeness (QED) is 0.618. The van der Waals surface area contributed by atoms with E-state index in [-0.39, 0.29) is 5.82 Å². The number of ether oxygens (including phenoxy) is 1. The zero-order valence-corrected chi connectivity index (χ0v) is 15.8. The summed E-state index contributed by atoms with van der Waals surface area (Å²) in [4.78, 5) is 25.0. The van der Waals surface area contributed by atoms with Gasteiger partial charge in [0.1, 0.15) is 11.7 Å². The number of nitrogens with zero attached hydrogens (tertiary/aromatic N) is 1. The van der Waals surface area contributed by atoms with Crippen LogP contribution in [0.5, 0.6) is 0 Å². The average molecular weight is 396 g/mol. The first-order valence-corrected chi connectivity index (χ1v) is 9.49. The molecule has 2 aromatic carbocycles. The van der Waals surface area contributed by atoms with Crippen LogP contribution in [0.25, 0.3) is 0 Å². The molecule has 1 amide bonds. The number of carbonyl (C=O) groups is 2. The Morgan fingerprint density at radius 3 is 2.50 bits per heavy atom. The van der Waals surface area contributed by atoms with Crippen LogP contribution in [0.4, 0.5) is 4.39 Å². The number of nitrogens with one attached hydrogen (secondary N) is 1. The van der Waals surface area contributed by atoms with E-state index in [0.717, 1.165) is 5.56 Å². The van der Waals surface area contributed by atoms with Crippen molar-refractivity contribution in [2.24, 2.45) is 5.92 Å². The lowest BCUT2D eigenvalue weighted by atomic mass is 9.78. The molecular formula is C21H17FN2O3S. The molecule has 1 N–H and O–H groups in total. The van der Waals surface area contributed by atoms with Gasteiger partial charge in [-0.15, -0.1) is 11.8 Å². The first-order valence-electron chi connectivity index (χ1n) is 8.50. The number of carbonyl (C=O) groups excluding carboxylic acids is 2. The van der Waals surface area contributed by atoms with Crippen LogP contribution in [0.2, 0.25) is 0 Å². The van der Waals surface area contributed by atoms with E-state index in [1.54, 1.807) is 36.4 Å². The van der Waals surface area contributed by atoms with E-state index >= 15 is 0 Å². The molecule has 0 spiro atoms. The fourth-order valence-electron chi connectivity index (χ4n) is 3.08. The van der Waals surface area contributed by atoms with Gasteiger partial charge in [-0.25, -0.2) is 4.39 Å². The maximum absolute atomic E-state index is 13.1. The zero-order valence-electron chi connectivity index (χ0n) is 15.0. The number of benzene rings is 2. The van der Waals surface area contributed by atoms with Crippen molar-refractivity contribution in [3.63, 3.8) is 0 Å². The van der Waals surface area contributed by atoms with Crippen LogP contribution in [0.15, 0.2) is 65.2 Å². The van der Waals surface area contributed by atoms with Gasteiger partial charge in [-0.3, -0.25) is 9.59 Å². The molecule has 1 heterocycles. The largest absolute Gasteiger partial charge is 0.468 e. The van der Waals surface area contributed by atoms with Crippen molar-refractivity contribution in [3.8, 4) is 6.07 Å². The summed E-state index contributed by atoms with van der Waals surface area (Å²) >= 11 is 1.26. The first-order chi connectivity index (χ1) is 13.5. The Morgan fingerprint density at radius 2 is 1.89 bits per heavy atom. The fourth-order valence-corrected chi connectivity index (χ4v) is 4.08. The van der Waals surface area contributed by atoms with Crippen LogP contribution >= 0.6 is 11.8 Å². The topological polar surface area (TPSA) is 79.2 Å². The minimum Gasteiger partial charge on any atom is -0.468 e. The van der Waals surface area contributed by atoms with Crippen molar-refractivity contribution >= 4 is 23.6 Å². The van der Waals surface area contributed by atoms with Gasteiger partial charge in [-0.05, 0) is 23.3 Å². The normalized spacial score (nSPS) is 19.0. The minimum absolute atomic E-state index is 0.299. The molecule has 1 aliphatic heterocycles. The second-order valence-corrected chi connectivity index (χ2v) is 7.13. The summed E-state index contributed by atoms with van der Waals surface area (Å²) in [6, 6.07) is 17.1. The summed E-state index contributed by atoms with van der Waals surface area (Å²) in [6.07, 6.45) is 0. The van der Waals surface area contributed by atoms with Crippen LogP contribution in [0, 0.1) is 23.1 Å². The standard InChI is InChI=1S/C21H17FN2O3S/c1-27-21(26)18-17(14-5-3-2-4-6-14)16(11-23)20(24-19(18)25)28-12-13-7-9-15(22)10-8-13/h2-10,17-18H,12H2,1H3,(H,24,25)/t17-,18-/m1/s1. The van der Waals surface area contributed by atoms with Gasteiger partial charge >= 0.3 is 5.97 Å². The number of esters is 1. The molecule has 0 radical (unpaired) electrons. The number of methoxy groups -OCH3 is 1. The molecule has 1 aliphatic rings. The van der Waals surface area contributed by atoms with Gasteiger partial charge in [-0.1, -0.05) is 42.5 Å². The van der Waals surface area contributed by atoms with Gasteiger partial charge < -0.3 is 10.1 Å². The van der Waals surface area contributed by atoms with Crippen LogP contribution in [0.3, 0.4) is 0 Å². The maximum atomic E-state index is 13.1. The zero-order chi connectivity index (χ0) is 20.1. The van der Waals surface area contributed by atoms with Crippen molar-refractivity contribution in [1.82, 2.24) is 5.32 Å². The highest BCUT2D eigenvalue weighted by molar-refractivity contribution is 8.02. The predicted molar refractivity (Wildman–Crippen MR) is 103 cm³/mol. The van der Waals surface area contributed by atoms with Crippen LogP contribution in [-0.4, -0.2) is 19.0 Å². The molecule has 0 fully saturated rings. The van der Waals surface area contributed by atoms with Gasteiger partial charge in [0.25, 0.3) is 0 Å². The van der Waals surface area contributed by atoms with E-state index in [0.29, 0.717) is 21.9 Å². The molecule has 2 aromatic rings. The number of halogens is 1. The molecule has 0 bridgehead atoms. The SMILES string of the molecule is COC(=O)[C@H]1C(=O)NC(SCc2ccc(F)cc2)=C(C#N)[C@H]1c1ccccc1. The molecule has 0 aliphatic carbocycles. The van der Waals surface area contributed by atoms with Gasteiger partial charge in [-0.2, -0.15) is 5.26 Å². The van der Waals surface area contributed by atoms with Crippen LogP contribution in [0.1, 0.15) is 17.0 Å². The third kappa shape index (κ3) is 4.07. The molecule has 0 aromatic heterocycles. The van der Waals surface area contributed by atoms with Crippen molar-refractivity contribution in [1.29, 1.82) is 5.26 Å². The number of rotatable bonds is 5. The minimum atomic E-state index is -1.14. The monoisotopic (exact) mass is 396 g/mol. The van der Waals surface area contributed by atoms with Gasteiger partial charge in [0.05, 0.1) is 23.8 Å². The predicted octanol–water partition coefficient (Wildman–Crippen LogP) is 3.50. The van der Waals surface area contributed by atoms with Crippen molar-refractivity contribution in [2.45, 2.75) is 11.7 Å². The van der Waals surface area contributed by atoms with Gasteiger partial charge in [0.2, 0.25) is 5.91 Å². The lowest BCUT2D eigenvalue weighted by Gasteiger charge is -2.31. The van der Waals surface area contributed by atoms with E-state index < -0.39 is 23.7 Å². The molecule has 0 saturated heterocycles. The highest BCUT2D eigenvalue weighted by Crippen LogP contribution is 2.40. The lowest BCUT2D eigenvalue weighted by molar-refractivity contribution is -0.150. The number of hydrogen-bond donors (Lipinski definition) is 1. The lowest BCUT2D eigenvalue weighted by Crippen LogP contribution is -2.44. The highest BCUT2D eigenvalue weighted by atomic mass is 32.2. The second kappa shape index (κ2) is 8.72. The Hall–Kier alpha value is -3.11. The Kier molecular flexibility index (Phi) is 6.12. The number of allylic oxidation sites excluding steroid dienone is 1. The Bertz CT molecular complexity index is 952. The summed E-state index contributed by atoms with van der Waals surface area (Å²) in [7, 11) is 1.21. The second-order valence-electron chi connectivity index (χ2n) is 6.15. The maximum Gasteiger partial charge on any atom is 0.319 e. The molecule has 0 unspecified atom stereocenters. The molecule has 7 heteroatoms. The molecular weight excluding hydrogens is 379 g/mol. The summed E-state index contributed by atoms with van der Waals surface area (Å²) in [5, 5.41) is 12.9. The summed E-state index contributed by atoms with van der Waals surface area (Å²) < 4.78 is 17.9. The van der Waals surface area contributed by atoms with Crippen molar-refractivity contribution in [2.75, 3.05) is 7.11 Å². The van der Waals surface area contributed by atoms with Crippen molar-refractivity contribution in [3.05, 3.63) is 82.1 Å². The summed E-state index contributed by atoms with van der Waals surface area (Å²) in [6.45, 7) is 0. The first kappa shape index (κ1) is 19.6. The van der Waals surface area contributed by atoms with E-state index in [9.17, 15) is 19.2 Å². The van der Waals surface area contributed by atoms with E-state index in [4.69, 9.17) is 4.74 Å². The van der Waals surface area contributed by atoms with E-state index in [1.165, 1.54) is 31.0 Å². The fraction of sp³-hybridized carbons (Fsp3) is 0.190. The van der Waals surface area contributed by atoms with Crippen LogP contribution < -0.4 is 5.32 Å². The van der Waals surface area contributed by atoms with Crippen LogP contribution in [-0.2, 0) is 20.1 Å². The third-order valence-electron chi connectivity index (χ3n) is 4.44. The van der Waals surface area contributed by atoms with Gasteiger partial charge in [0, 0.05) is 11.7 Å². The average Bonchev–Trinajstić information content (AvgIpc) is 2.72. The molecule has 2 atom stereocenters. The third-order valence-corrected chi connectivity index (χ3v) is 5.53. The van der Waals surface area contributed by atoms with E-state index in [2.05, 4.69) is 11.4 Å². The molecule has 3 rings (SSSR count). The molecule has 5 nitrogen and oxygen atoms in total. The molecule has 28 heavy (non-hydrogen) atoms. The highest BCUT2D eigenvalue weighted by Gasteiger charge is 2.44. The molecule has 0 saturated carbocycles. The van der Waals surface area contributed by atoms with Gasteiger partial charge in [0.15, 0.2) is 0 Å². The number of hydrogen-bond acceptors (Lipinski definition) is 5. The number of thioether (sulfide) groups is 1. The Labute approximate surface area is 166 Å². The number of nitriles is 1. The van der Waals surface area contributed by atoms with E-state index in [1.807, 2.05) is 6.07 Å². The molecule has 142 valence electrons. The number of amides is 1. The van der Waals surface area contributed by atoms with Crippen molar-refractivity contribution < 1.29 is 18.7 Å². The summed E-state index contributed by atoms with van der Waals surface area (Å²) in [5.74, 6) is -2.98. The smallest absolute Gasteiger partial charge is 0.319 e.